The Labute approximate surface area is 475 Å². The molecule has 7 heterocycles. The molecule has 7 aliphatic heterocycles. The molecule has 7 aliphatic rings. The highest BCUT2D eigenvalue weighted by Crippen LogP contribution is 2.38. The summed E-state index contributed by atoms with van der Waals surface area (Å²) < 4.78 is 74.7. The van der Waals surface area contributed by atoms with Crippen LogP contribution in [0.5, 0.6) is 0 Å². The van der Waals surface area contributed by atoms with Gasteiger partial charge in [0, 0.05) is 13.8 Å². The van der Waals surface area contributed by atoms with Gasteiger partial charge in [0.1, 0.15) is 171 Å². The zero-order valence-corrected chi connectivity index (χ0v) is 44.7. The van der Waals surface area contributed by atoms with Crippen molar-refractivity contribution in [2.75, 3.05) is 46.2 Å². The van der Waals surface area contributed by atoms with Crippen LogP contribution in [0.1, 0.15) is 13.8 Å². The van der Waals surface area contributed by atoms with Crippen molar-refractivity contribution in [2.45, 2.75) is 229 Å². The van der Waals surface area contributed by atoms with Crippen LogP contribution in [0.25, 0.3) is 0 Å². The summed E-state index contributed by atoms with van der Waals surface area (Å²) in [5.41, 5.74) is 0. The van der Waals surface area contributed by atoms with E-state index in [1.54, 1.807) is 0 Å². The molecule has 7 saturated heterocycles. The van der Waals surface area contributed by atoms with Crippen LogP contribution in [0, 0.1) is 0 Å². The second kappa shape index (κ2) is 29.9. The van der Waals surface area contributed by atoms with Crippen LogP contribution in [0.4, 0.5) is 0 Å². The summed E-state index contributed by atoms with van der Waals surface area (Å²) in [6.07, 6.45) is -66.3. The highest BCUT2D eigenvalue weighted by atomic mass is 16.8. The van der Waals surface area contributed by atoms with E-state index in [0.29, 0.717) is 0 Å². The highest BCUT2D eigenvalue weighted by molar-refractivity contribution is 5.73. The summed E-state index contributed by atoms with van der Waals surface area (Å²) in [5.74, 6) is -1.57. The molecule has 0 spiro atoms. The first-order valence-corrected chi connectivity index (χ1v) is 26.6. The Hall–Kier alpha value is -2.42. The van der Waals surface area contributed by atoms with Gasteiger partial charge in [-0.25, -0.2) is 0 Å². The van der Waals surface area contributed by atoms with E-state index in [1.807, 2.05) is 0 Å². The minimum atomic E-state index is -2.34. The van der Waals surface area contributed by atoms with Gasteiger partial charge in [-0.3, -0.25) is 9.59 Å². The summed E-state index contributed by atoms with van der Waals surface area (Å²) in [5, 5.41) is 232. The van der Waals surface area contributed by atoms with E-state index in [2.05, 4.69) is 10.6 Å². The van der Waals surface area contributed by atoms with E-state index in [9.17, 15) is 117 Å². The largest absolute Gasteiger partial charge is 0.394 e. The Kier molecular flexibility index (Phi) is 24.6. The maximum atomic E-state index is 12.6. The first-order chi connectivity index (χ1) is 39.8. The SMILES string of the molecule is CC(=O)N[C@@H]1[C@@H](O)[C@H](O[C@@H]2O[C@H](CO)[C@@H](O[C@@H]3O[C@H](CO)[C@@H](O)[C@H](O[C@H]4O[C@H](CO)[C@@H](O)[C@H](O)[C@@H]4O[C@H]4O[C@H](CO)[C@@H](O)[C@H](O)[C@@H]4O[C@H]4O[C@H](CO)[C@@H](O)[C@H](O[C@H]5O[C@H](CO)[C@@H](O)[C@H](O)[C@H]5O)[C@@H]4O)[C@@H]3O)[C@H](O)[C@H]2NC(C)=O)[C@@H](CO)O[C@H]1O. The number of hydrogen-bond donors (Lipinski definition) is 23. The third-order valence-electron chi connectivity index (χ3n) is 15.4. The number of ether oxygens (including phenoxy) is 13. The normalized spacial score (nSPS) is 50.3. The van der Waals surface area contributed by atoms with Crippen molar-refractivity contribution in [3.05, 3.63) is 0 Å². The lowest BCUT2D eigenvalue weighted by molar-refractivity contribution is -0.410. The molecule has 2 amide bonds. The van der Waals surface area contributed by atoms with Crippen LogP contribution in [0.15, 0.2) is 0 Å². The fourth-order valence-electron chi connectivity index (χ4n) is 10.8. The van der Waals surface area contributed by atoms with Crippen molar-refractivity contribution in [2.24, 2.45) is 0 Å². The molecule has 0 radical (unpaired) electrons. The molecule has 7 rings (SSSR count). The fraction of sp³-hybridized carbons (Fsp3) is 0.957. The van der Waals surface area contributed by atoms with Crippen molar-refractivity contribution >= 4 is 11.8 Å². The van der Waals surface area contributed by atoms with E-state index in [4.69, 9.17) is 61.6 Å². The Morgan fingerprint density at radius 3 is 0.988 bits per heavy atom. The predicted octanol–water partition coefficient (Wildman–Crippen LogP) is -16.0. The minimum absolute atomic E-state index is 0.726. The lowest BCUT2D eigenvalue weighted by Crippen LogP contribution is -2.70. The standard InChI is InChI=1S/C46H78N2O36/c1-10(56)47-19-26(63)34(17(8-54)72-40(19)71)79-41-20(48-11(2)57)27(64)35(18(9-55)78-41)80-43-33(70)37(25(62)16(7-53)74-43)82-45-39(30(67)23(60)13(4-50)76-45)84-46-38(29(66)22(59)14(5-51)77-46)83-44-32(69)36(24(61)15(6-52)75-44)81-42-31(68)28(65)21(58)12(3-49)73-42/h12-46,49-55,58-71H,3-9H2,1-2H3,(H,47,56)(H,48,57)/t12-,13-,14-,15-,16-,17-,18-,19-,20-,21-,22-,23-,24-,25-,26-,27-,28+,29+,30+,31-,32+,33+,34-,35-,36+,37+,38+,39+,40-,41+,42-,43+,44-,45-,46-/m1/s1. The Balaban J connectivity index is 1.13. The Morgan fingerprint density at radius 2 is 0.571 bits per heavy atom. The molecule has 7 fully saturated rings. The second-order valence-corrected chi connectivity index (χ2v) is 21.0. The molecular weight excluding hydrogens is 1160 g/mol. The minimum Gasteiger partial charge on any atom is -0.394 e. The maximum Gasteiger partial charge on any atom is 0.217 e. The number of hydrogen-bond acceptors (Lipinski definition) is 36. The van der Waals surface area contributed by atoms with Crippen molar-refractivity contribution in [1.29, 1.82) is 0 Å². The summed E-state index contributed by atoms with van der Waals surface area (Å²) >= 11 is 0. The van der Waals surface area contributed by atoms with E-state index in [1.165, 1.54) is 0 Å². The average molecular weight is 1240 g/mol. The Bertz CT molecular complexity index is 2060. The van der Waals surface area contributed by atoms with Crippen LogP contribution < -0.4 is 10.6 Å². The number of carbonyl (C=O) groups is 2. The molecule has 23 N–H and O–H groups in total. The van der Waals surface area contributed by atoms with E-state index < -0.39 is 273 Å². The first-order valence-electron chi connectivity index (χ1n) is 26.6. The number of aliphatic hydroxyl groups is 21. The quantitative estimate of drug-likeness (QED) is 0.0507. The van der Waals surface area contributed by atoms with Gasteiger partial charge in [0.2, 0.25) is 11.8 Å². The van der Waals surface area contributed by atoms with Gasteiger partial charge in [-0.15, -0.1) is 0 Å². The van der Waals surface area contributed by atoms with Crippen molar-refractivity contribution in [1.82, 2.24) is 10.6 Å². The molecule has 84 heavy (non-hydrogen) atoms. The molecule has 0 saturated carbocycles. The first kappa shape index (κ1) is 69.1. The Morgan fingerprint density at radius 1 is 0.286 bits per heavy atom. The van der Waals surface area contributed by atoms with Crippen molar-refractivity contribution < 1.29 is 178 Å². The number of amides is 2. The lowest BCUT2D eigenvalue weighted by Gasteiger charge is -2.51. The monoisotopic (exact) mass is 1230 g/mol. The van der Waals surface area contributed by atoms with Gasteiger partial charge in [0.25, 0.3) is 0 Å². The molecule has 0 aliphatic carbocycles. The van der Waals surface area contributed by atoms with Gasteiger partial charge in [0.15, 0.2) is 44.0 Å². The molecule has 0 bridgehead atoms. The van der Waals surface area contributed by atoms with Crippen molar-refractivity contribution in [3.63, 3.8) is 0 Å². The number of carbonyl (C=O) groups excluding carboxylic acids is 2. The van der Waals surface area contributed by atoms with E-state index in [-0.39, 0.29) is 0 Å². The second-order valence-electron chi connectivity index (χ2n) is 21.0. The molecule has 38 nitrogen and oxygen atoms in total. The van der Waals surface area contributed by atoms with E-state index >= 15 is 0 Å². The molecular formula is C46H78N2O36. The zero-order chi connectivity index (χ0) is 61.9. The molecule has 0 aromatic heterocycles. The molecule has 38 heteroatoms. The predicted molar refractivity (Wildman–Crippen MR) is 255 cm³/mol. The molecule has 35 atom stereocenters. The third kappa shape index (κ3) is 14.6. The van der Waals surface area contributed by atoms with Gasteiger partial charge in [0.05, 0.1) is 46.2 Å². The maximum absolute atomic E-state index is 12.6. The number of rotatable bonds is 21. The zero-order valence-electron chi connectivity index (χ0n) is 44.7. The van der Waals surface area contributed by atoms with Gasteiger partial charge in [-0.2, -0.15) is 0 Å². The van der Waals surface area contributed by atoms with Crippen LogP contribution in [0.3, 0.4) is 0 Å². The molecule has 488 valence electrons. The van der Waals surface area contributed by atoms with Crippen molar-refractivity contribution in [3.8, 4) is 0 Å². The molecule has 0 aromatic carbocycles. The van der Waals surface area contributed by atoms with Crippen LogP contribution in [-0.2, 0) is 71.2 Å². The van der Waals surface area contributed by atoms with Gasteiger partial charge < -0.3 is 179 Å². The molecule has 0 aromatic rings. The lowest BCUT2D eigenvalue weighted by atomic mass is 9.94. The summed E-state index contributed by atoms with van der Waals surface area (Å²) in [7, 11) is 0. The van der Waals surface area contributed by atoms with Crippen LogP contribution >= 0.6 is 0 Å². The van der Waals surface area contributed by atoms with E-state index in [0.717, 1.165) is 13.8 Å². The van der Waals surface area contributed by atoms with Crippen LogP contribution in [0.2, 0.25) is 0 Å². The van der Waals surface area contributed by atoms with Gasteiger partial charge in [-0.1, -0.05) is 0 Å². The topological polar surface area (TPSA) is 603 Å². The molecule has 0 unspecified atom stereocenters. The van der Waals surface area contributed by atoms with Gasteiger partial charge >= 0.3 is 0 Å². The number of nitrogens with one attached hydrogen (secondary N) is 2. The van der Waals surface area contributed by atoms with Gasteiger partial charge in [-0.05, 0) is 0 Å². The third-order valence-corrected chi connectivity index (χ3v) is 15.4. The summed E-state index contributed by atoms with van der Waals surface area (Å²) in [6, 6.07) is -3.30. The average Bonchev–Trinajstić information content (AvgIpc) is 1.66. The summed E-state index contributed by atoms with van der Waals surface area (Å²) in [4.78, 5) is 24.5. The highest BCUT2D eigenvalue weighted by Gasteiger charge is 2.59. The summed E-state index contributed by atoms with van der Waals surface area (Å²) in [6.45, 7) is -5.13. The van der Waals surface area contributed by atoms with Crippen LogP contribution in [-0.4, -0.2) is 380 Å². The number of aliphatic hydroxyl groups excluding tert-OH is 21. The smallest absolute Gasteiger partial charge is 0.217 e. The fourth-order valence-corrected chi connectivity index (χ4v) is 10.8.